The fourth-order valence-electron chi connectivity index (χ4n) is 1.25. The molecule has 0 bridgehead atoms. The summed E-state index contributed by atoms with van der Waals surface area (Å²) in [5.74, 6) is -0.431. The van der Waals surface area contributed by atoms with Crippen LogP contribution in [0.1, 0.15) is 19.8 Å². The lowest BCUT2D eigenvalue weighted by Gasteiger charge is -2.28. The number of carbonyl (C=O) groups excluding carboxylic acids is 1. The van der Waals surface area contributed by atoms with Gasteiger partial charge in [0, 0.05) is 19.8 Å². The summed E-state index contributed by atoms with van der Waals surface area (Å²) in [6.45, 7) is 1.28. The van der Waals surface area contributed by atoms with Gasteiger partial charge in [-0.15, -0.1) is 0 Å². The van der Waals surface area contributed by atoms with Crippen LogP contribution in [-0.2, 0) is 14.3 Å². The first-order chi connectivity index (χ1) is 6.08. The number of aliphatic hydroxyl groups excluding tert-OH is 1. The van der Waals surface area contributed by atoms with Gasteiger partial charge in [0.25, 0.3) is 0 Å². The van der Waals surface area contributed by atoms with Crippen molar-refractivity contribution >= 4 is 5.97 Å². The molecule has 0 spiro atoms. The van der Waals surface area contributed by atoms with Gasteiger partial charge in [-0.25, -0.2) is 4.39 Å². The fraction of sp³-hybridized carbons (Fsp3) is 0.875. The zero-order chi connectivity index (χ0) is 9.84. The molecule has 5 heteroatoms. The van der Waals surface area contributed by atoms with Crippen molar-refractivity contribution in [2.24, 2.45) is 0 Å². The zero-order valence-electron chi connectivity index (χ0n) is 7.40. The zero-order valence-corrected chi connectivity index (χ0v) is 7.40. The van der Waals surface area contributed by atoms with Crippen molar-refractivity contribution < 1.29 is 23.8 Å². The van der Waals surface area contributed by atoms with Crippen molar-refractivity contribution in [3.63, 3.8) is 0 Å². The van der Waals surface area contributed by atoms with Gasteiger partial charge in [-0.3, -0.25) is 4.79 Å². The lowest BCUT2D eigenvalue weighted by atomic mass is 10.1. The van der Waals surface area contributed by atoms with Gasteiger partial charge in [0.15, 0.2) is 6.29 Å². The molecule has 1 rings (SSSR count). The van der Waals surface area contributed by atoms with Crippen LogP contribution in [0.3, 0.4) is 0 Å². The minimum Gasteiger partial charge on any atom is -0.463 e. The SMILES string of the molecule is CC(=O)OC[C@@H]1C[C@H](F)CC(O)O1. The topological polar surface area (TPSA) is 55.8 Å². The quantitative estimate of drug-likeness (QED) is 0.643. The number of esters is 1. The predicted octanol–water partition coefficient (Wildman–Crippen LogP) is 0.385. The number of rotatable bonds is 2. The molecule has 1 heterocycles. The molecule has 1 N–H and O–H groups in total. The number of hydrogen-bond donors (Lipinski definition) is 1. The lowest BCUT2D eigenvalue weighted by molar-refractivity contribution is -0.194. The Morgan fingerprint density at radius 1 is 1.69 bits per heavy atom. The molecular formula is C8H13FO4. The smallest absolute Gasteiger partial charge is 0.302 e. The summed E-state index contributed by atoms with van der Waals surface area (Å²) in [5.41, 5.74) is 0. The van der Waals surface area contributed by atoms with E-state index < -0.39 is 24.5 Å². The maximum absolute atomic E-state index is 12.8. The molecule has 1 unspecified atom stereocenters. The van der Waals surface area contributed by atoms with Crippen LogP contribution in [0.5, 0.6) is 0 Å². The summed E-state index contributed by atoms with van der Waals surface area (Å²) in [5, 5.41) is 9.01. The number of aliphatic hydroxyl groups is 1. The van der Waals surface area contributed by atoms with Crippen molar-refractivity contribution in [3.05, 3.63) is 0 Å². The molecule has 1 fully saturated rings. The van der Waals surface area contributed by atoms with Crippen LogP contribution in [0, 0.1) is 0 Å². The molecular weight excluding hydrogens is 179 g/mol. The number of hydrogen-bond acceptors (Lipinski definition) is 4. The molecule has 1 aliphatic heterocycles. The maximum atomic E-state index is 12.8. The third kappa shape index (κ3) is 3.69. The first kappa shape index (κ1) is 10.4. The number of carbonyl (C=O) groups is 1. The first-order valence-electron chi connectivity index (χ1n) is 4.19. The van der Waals surface area contributed by atoms with Crippen molar-refractivity contribution in [1.29, 1.82) is 0 Å². The van der Waals surface area contributed by atoms with Crippen molar-refractivity contribution in [2.45, 2.75) is 38.3 Å². The minimum atomic E-state index is -1.08. The van der Waals surface area contributed by atoms with Gasteiger partial charge >= 0.3 is 5.97 Å². The van der Waals surface area contributed by atoms with Gasteiger partial charge in [-0.05, 0) is 0 Å². The molecule has 0 aromatic heterocycles. The van der Waals surface area contributed by atoms with E-state index in [-0.39, 0.29) is 19.4 Å². The largest absolute Gasteiger partial charge is 0.463 e. The molecule has 0 aliphatic carbocycles. The van der Waals surface area contributed by atoms with E-state index >= 15 is 0 Å². The molecule has 1 saturated heterocycles. The molecule has 0 aromatic carbocycles. The van der Waals surface area contributed by atoms with Gasteiger partial charge < -0.3 is 14.6 Å². The standard InChI is InChI=1S/C8H13FO4/c1-5(10)12-4-7-2-6(9)3-8(11)13-7/h6-8,11H,2-4H2,1H3/t6-,7-,8?/m0/s1. The molecule has 76 valence electrons. The second kappa shape index (κ2) is 4.53. The highest BCUT2D eigenvalue weighted by atomic mass is 19.1. The van der Waals surface area contributed by atoms with Crippen LogP contribution in [0.2, 0.25) is 0 Å². The summed E-state index contributed by atoms with van der Waals surface area (Å²) in [6.07, 6.45) is -2.52. The molecule has 4 nitrogen and oxygen atoms in total. The van der Waals surface area contributed by atoms with Gasteiger partial charge in [-0.1, -0.05) is 0 Å². The van der Waals surface area contributed by atoms with E-state index in [0.29, 0.717) is 0 Å². The van der Waals surface area contributed by atoms with Crippen LogP contribution in [0.15, 0.2) is 0 Å². The van der Waals surface area contributed by atoms with E-state index in [4.69, 9.17) is 9.84 Å². The maximum Gasteiger partial charge on any atom is 0.302 e. The van der Waals surface area contributed by atoms with Crippen LogP contribution >= 0.6 is 0 Å². The van der Waals surface area contributed by atoms with Gasteiger partial charge in [-0.2, -0.15) is 0 Å². The third-order valence-corrected chi connectivity index (χ3v) is 1.80. The Kier molecular flexibility index (Phi) is 3.62. The van der Waals surface area contributed by atoms with Crippen LogP contribution in [0.4, 0.5) is 4.39 Å². The van der Waals surface area contributed by atoms with Gasteiger partial charge in [0.1, 0.15) is 12.8 Å². The molecule has 0 amide bonds. The van der Waals surface area contributed by atoms with E-state index in [9.17, 15) is 9.18 Å². The summed E-state index contributed by atoms with van der Waals surface area (Å²) < 4.78 is 22.4. The lowest BCUT2D eigenvalue weighted by Crippen LogP contribution is -2.36. The monoisotopic (exact) mass is 192 g/mol. The van der Waals surface area contributed by atoms with Crippen molar-refractivity contribution in [1.82, 2.24) is 0 Å². The van der Waals surface area contributed by atoms with Gasteiger partial charge in [0.2, 0.25) is 0 Å². The Bertz CT molecular complexity index is 175. The molecule has 0 aromatic rings. The molecule has 0 radical (unpaired) electrons. The molecule has 1 aliphatic rings. The Hall–Kier alpha value is -0.680. The average molecular weight is 192 g/mol. The normalized spacial score (nSPS) is 34.2. The van der Waals surface area contributed by atoms with Gasteiger partial charge in [0.05, 0.1) is 6.10 Å². The highest BCUT2D eigenvalue weighted by molar-refractivity contribution is 5.65. The summed E-state index contributed by atoms with van der Waals surface area (Å²) in [7, 11) is 0. The Labute approximate surface area is 75.6 Å². The minimum absolute atomic E-state index is 0.00340. The Morgan fingerprint density at radius 3 is 2.92 bits per heavy atom. The van der Waals surface area contributed by atoms with E-state index in [1.165, 1.54) is 6.92 Å². The predicted molar refractivity (Wildman–Crippen MR) is 41.6 cm³/mol. The summed E-state index contributed by atoms with van der Waals surface area (Å²) in [4.78, 5) is 10.4. The second-order valence-corrected chi connectivity index (χ2v) is 3.08. The Morgan fingerprint density at radius 2 is 2.38 bits per heavy atom. The fourth-order valence-corrected chi connectivity index (χ4v) is 1.25. The summed E-state index contributed by atoms with van der Waals surface area (Å²) in [6, 6.07) is 0. The van der Waals surface area contributed by atoms with Crippen molar-refractivity contribution in [3.8, 4) is 0 Å². The molecule has 13 heavy (non-hydrogen) atoms. The molecule has 3 atom stereocenters. The van der Waals surface area contributed by atoms with E-state index in [1.54, 1.807) is 0 Å². The number of alkyl halides is 1. The van der Waals surface area contributed by atoms with Crippen molar-refractivity contribution in [2.75, 3.05) is 6.61 Å². The highest BCUT2D eigenvalue weighted by Gasteiger charge is 2.28. The number of halogens is 1. The van der Waals surface area contributed by atoms with E-state index in [0.717, 1.165) is 0 Å². The number of ether oxygens (including phenoxy) is 2. The van der Waals surface area contributed by atoms with Crippen LogP contribution in [0.25, 0.3) is 0 Å². The second-order valence-electron chi connectivity index (χ2n) is 3.08. The first-order valence-corrected chi connectivity index (χ1v) is 4.19. The van der Waals surface area contributed by atoms with Crippen LogP contribution < -0.4 is 0 Å². The average Bonchev–Trinajstić information content (AvgIpc) is 1.99. The Balaban J connectivity index is 2.28. The highest BCUT2D eigenvalue weighted by Crippen LogP contribution is 2.20. The summed E-state index contributed by atoms with van der Waals surface area (Å²) >= 11 is 0. The van der Waals surface area contributed by atoms with Crippen LogP contribution in [-0.4, -0.2) is 36.2 Å². The third-order valence-electron chi connectivity index (χ3n) is 1.80. The van der Waals surface area contributed by atoms with E-state index in [2.05, 4.69) is 4.74 Å². The molecule has 0 saturated carbocycles. The van der Waals surface area contributed by atoms with E-state index in [1.807, 2.05) is 0 Å².